The molecule has 0 saturated carbocycles. The molecule has 2 aromatic rings. The van der Waals surface area contributed by atoms with Crippen LogP contribution >= 0.6 is 27.5 Å². The first-order valence-electron chi connectivity index (χ1n) is 6.17. The van der Waals surface area contributed by atoms with E-state index in [-0.39, 0.29) is 16.8 Å². The minimum Gasteiger partial charge on any atom is -0.494 e. The second kappa shape index (κ2) is 6.62. The molecule has 0 radical (unpaired) electrons. The summed E-state index contributed by atoms with van der Waals surface area (Å²) < 4.78 is 32.1. The lowest BCUT2D eigenvalue weighted by Crippen LogP contribution is -2.08. The molecular formula is C15H13BrClF2NO. The number of hydrogen-bond donors (Lipinski definition) is 1. The molecule has 0 heterocycles. The lowest BCUT2D eigenvalue weighted by molar-refractivity contribution is 0.385. The van der Waals surface area contributed by atoms with E-state index in [1.54, 1.807) is 12.1 Å². The summed E-state index contributed by atoms with van der Waals surface area (Å²) in [5.41, 5.74) is 1.40. The first-order valence-corrected chi connectivity index (χ1v) is 7.34. The van der Waals surface area contributed by atoms with Crippen LogP contribution in [0.4, 0.5) is 14.5 Å². The van der Waals surface area contributed by atoms with E-state index in [1.165, 1.54) is 25.3 Å². The van der Waals surface area contributed by atoms with Crippen LogP contribution in [0.15, 0.2) is 34.8 Å². The Balaban J connectivity index is 2.28. The van der Waals surface area contributed by atoms with Gasteiger partial charge in [0.2, 0.25) is 0 Å². The number of ether oxygens (including phenoxy) is 1. The lowest BCUT2D eigenvalue weighted by atomic mass is 10.1. The molecule has 6 heteroatoms. The molecule has 21 heavy (non-hydrogen) atoms. The van der Waals surface area contributed by atoms with E-state index in [2.05, 4.69) is 21.2 Å². The molecule has 0 bridgehead atoms. The van der Waals surface area contributed by atoms with E-state index in [0.29, 0.717) is 10.2 Å². The Morgan fingerprint density at radius 3 is 2.57 bits per heavy atom. The average Bonchev–Trinajstić information content (AvgIpc) is 2.43. The fraction of sp³-hybridized carbons (Fsp3) is 0.200. The van der Waals surface area contributed by atoms with Gasteiger partial charge in [0.05, 0.1) is 17.8 Å². The van der Waals surface area contributed by atoms with Crippen molar-refractivity contribution in [3.63, 3.8) is 0 Å². The molecule has 0 spiro atoms. The van der Waals surface area contributed by atoms with Gasteiger partial charge in [0, 0.05) is 10.5 Å². The molecule has 0 saturated heterocycles. The maximum absolute atomic E-state index is 13.4. The number of rotatable bonds is 4. The van der Waals surface area contributed by atoms with E-state index >= 15 is 0 Å². The van der Waals surface area contributed by atoms with Crippen molar-refractivity contribution in [2.24, 2.45) is 0 Å². The Hall–Kier alpha value is -1.33. The topological polar surface area (TPSA) is 21.3 Å². The zero-order valence-corrected chi connectivity index (χ0v) is 13.7. The monoisotopic (exact) mass is 375 g/mol. The first-order chi connectivity index (χ1) is 9.92. The van der Waals surface area contributed by atoms with Gasteiger partial charge in [-0.15, -0.1) is 0 Å². The summed E-state index contributed by atoms with van der Waals surface area (Å²) in [6.45, 7) is 1.89. The second-order valence-electron chi connectivity index (χ2n) is 4.50. The van der Waals surface area contributed by atoms with Crippen LogP contribution in [0, 0.1) is 11.6 Å². The van der Waals surface area contributed by atoms with Crippen LogP contribution in [0.1, 0.15) is 18.5 Å². The summed E-state index contributed by atoms with van der Waals surface area (Å²) >= 11 is 9.30. The summed E-state index contributed by atoms with van der Waals surface area (Å²) in [5.74, 6) is -0.673. The van der Waals surface area contributed by atoms with Gasteiger partial charge in [-0.3, -0.25) is 0 Å². The van der Waals surface area contributed by atoms with Crippen LogP contribution in [0.25, 0.3) is 0 Å². The molecule has 2 nitrogen and oxygen atoms in total. The minimum absolute atomic E-state index is 0.168. The van der Waals surface area contributed by atoms with Gasteiger partial charge >= 0.3 is 0 Å². The summed E-state index contributed by atoms with van der Waals surface area (Å²) in [4.78, 5) is 0. The normalized spacial score (nSPS) is 12.1. The molecule has 0 aromatic heterocycles. The van der Waals surface area contributed by atoms with Gasteiger partial charge in [0.1, 0.15) is 5.82 Å². The van der Waals surface area contributed by atoms with Crippen LogP contribution in [0.5, 0.6) is 5.75 Å². The van der Waals surface area contributed by atoms with Crippen molar-refractivity contribution in [3.05, 3.63) is 57.0 Å². The van der Waals surface area contributed by atoms with E-state index < -0.39 is 11.6 Å². The van der Waals surface area contributed by atoms with Crippen molar-refractivity contribution >= 4 is 33.2 Å². The summed E-state index contributed by atoms with van der Waals surface area (Å²) in [5, 5.41) is 3.44. The molecule has 2 rings (SSSR count). The number of nitrogens with one attached hydrogen (secondary N) is 1. The molecule has 1 N–H and O–H groups in total. The smallest absolute Gasteiger partial charge is 0.165 e. The third-order valence-corrected chi connectivity index (χ3v) is 3.97. The Morgan fingerprint density at radius 1 is 1.24 bits per heavy atom. The summed E-state index contributed by atoms with van der Waals surface area (Å²) in [6, 6.07) is 6.99. The molecule has 1 unspecified atom stereocenters. The number of hydrogen-bond acceptors (Lipinski definition) is 2. The number of anilines is 1. The highest BCUT2D eigenvalue weighted by atomic mass is 79.9. The van der Waals surface area contributed by atoms with Crippen molar-refractivity contribution in [2.75, 3.05) is 12.4 Å². The third-order valence-electron chi connectivity index (χ3n) is 3.04. The van der Waals surface area contributed by atoms with E-state index in [9.17, 15) is 8.78 Å². The van der Waals surface area contributed by atoms with Crippen LogP contribution in [0.3, 0.4) is 0 Å². The van der Waals surface area contributed by atoms with Gasteiger partial charge in [-0.05, 0) is 52.7 Å². The lowest BCUT2D eigenvalue weighted by Gasteiger charge is -2.19. The highest BCUT2D eigenvalue weighted by Crippen LogP contribution is 2.35. The quantitative estimate of drug-likeness (QED) is 0.754. The fourth-order valence-electron chi connectivity index (χ4n) is 1.93. The van der Waals surface area contributed by atoms with Gasteiger partial charge in [-0.2, -0.15) is 0 Å². The molecule has 0 aliphatic heterocycles. The van der Waals surface area contributed by atoms with E-state index in [4.69, 9.17) is 16.3 Å². The standard InChI is InChI=1S/C15H13BrClF2NO/c1-8(9-3-4-13(19)14(5-9)21-2)20-15-11(16)6-10(18)7-12(15)17/h3-8,20H,1-2H3. The third kappa shape index (κ3) is 3.66. The van der Waals surface area contributed by atoms with Gasteiger partial charge in [-0.1, -0.05) is 17.7 Å². The Morgan fingerprint density at radius 2 is 1.95 bits per heavy atom. The van der Waals surface area contributed by atoms with E-state index in [0.717, 1.165) is 5.56 Å². The summed E-state index contributed by atoms with van der Waals surface area (Å²) in [6.07, 6.45) is 0. The zero-order valence-electron chi connectivity index (χ0n) is 11.4. The molecule has 112 valence electrons. The molecule has 2 aromatic carbocycles. The van der Waals surface area contributed by atoms with Crippen LogP contribution in [-0.4, -0.2) is 7.11 Å². The Bertz CT molecular complexity index is 643. The van der Waals surface area contributed by atoms with Crippen LogP contribution in [-0.2, 0) is 0 Å². The predicted molar refractivity (Wildman–Crippen MR) is 84.1 cm³/mol. The van der Waals surface area contributed by atoms with Gasteiger partial charge in [0.25, 0.3) is 0 Å². The SMILES string of the molecule is COc1cc(C(C)Nc2c(Cl)cc(F)cc2Br)ccc1F. The van der Waals surface area contributed by atoms with Gasteiger partial charge < -0.3 is 10.1 Å². The van der Waals surface area contributed by atoms with Crippen molar-refractivity contribution in [1.82, 2.24) is 0 Å². The largest absolute Gasteiger partial charge is 0.494 e. The van der Waals surface area contributed by atoms with Crippen molar-refractivity contribution in [2.45, 2.75) is 13.0 Å². The highest BCUT2D eigenvalue weighted by molar-refractivity contribution is 9.10. The maximum Gasteiger partial charge on any atom is 0.165 e. The average molecular weight is 377 g/mol. The predicted octanol–water partition coefficient (Wildman–Crippen LogP) is 5.56. The molecule has 0 amide bonds. The number of halogens is 4. The van der Waals surface area contributed by atoms with Gasteiger partial charge in [-0.25, -0.2) is 8.78 Å². The van der Waals surface area contributed by atoms with Crippen molar-refractivity contribution in [3.8, 4) is 5.75 Å². The van der Waals surface area contributed by atoms with Crippen molar-refractivity contribution in [1.29, 1.82) is 0 Å². The van der Waals surface area contributed by atoms with Crippen molar-refractivity contribution < 1.29 is 13.5 Å². The Kier molecular flexibility index (Phi) is 5.06. The Labute approximate surface area is 135 Å². The number of benzene rings is 2. The van der Waals surface area contributed by atoms with Crippen LogP contribution in [0.2, 0.25) is 5.02 Å². The molecule has 1 atom stereocenters. The molecular weight excluding hydrogens is 364 g/mol. The van der Waals surface area contributed by atoms with Crippen LogP contribution < -0.4 is 10.1 Å². The molecule has 0 aliphatic carbocycles. The summed E-state index contributed by atoms with van der Waals surface area (Å²) in [7, 11) is 1.41. The first kappa shape index (κ1) is 16.0. The second-order valence-corrected chi connectivity index (χ2v) is 5.77. The zero-order chi connectivity index (χ0) is 15.6. The maximum atomic E-state index is 13.4. The molecule has 0 fully saturated rings. The fourth-order valence-corrected chi connectivity index (χ4v) is 2.85. The minimum atomic E-state index is -0.423. The highest BCUT2D eigenvalue weighted by Gasteiger charge is 2.14. The van der Waals surface area contributed by atoms with E-state index in [1.807, 2.05) is 6.92 Å². The van der Waals surface area contributed by atoms with Gasteiger partial charge in [0.15, 0.2) is 11.6 Å². The number of methoxy groups -OCH3 is 1. The molecule has 0 aliphatic rings.